The monoisotopic (exact) mass is 302 g/mol. The highest BCUT2D eigenvalue weighted by Crippen LogP contribution is 2.18. The Hall–Kier alpha value is -1.66. The first-order valence-electron chi connectivity index (χ1n) is 6.06. The van der Waals surface area contributed by atoms with E-state index >= 15 is 0 Å². The number of benzene rings is 1. The van der Waals surface area contributed by atoms with Crippen LogP contribution in [0.3, 0.4) is 0 Å². The number of amides is 2. The first-order valence-corrected chi connectivity index (χ1v) is 6.43. The molecule has 0 aliphatic carbocycles. The summed E-state index contributed by atoms with van der Waals surface area (Å²) in [7, 11) is 5.02. The Balaban J connectivity index is 2.53. The van der Waals surface area contributed by atoms with E-state index in [2.05, 4.69) is 5.32 Å². The topological polar surface area (TPSA) is 53.9 Å². The van der Waals surface area contributed by atoms with Gasteiger partial charge in [-0.05, 0) is 18.2 Å². The van der Waals surface area contributed by atoms with E-state index in [9.17, 15) is 14.0 Å². The summed E-state index contributed by atoms with van der Waals surface area (Å²) in [6, 6.07) is 4.02. The zero-order chi connectivity index (χ0) is 15.3. The van der Waals surface area contributed by atoms with Gasteiger partial charge in [-0.15, -0.1) is 0 Å². The van der Waals surface area contributed by atoms with Crippen LogP contribution in [0.2, 0.25) is 5.02 Å². The second kappa shape index (κ2) is 7.21. The first kappa shape index (κ1) is 16.4. The third-order valence-electron chi connectivity index (χ3n) is 2.62. The maximum atomic E-state index is 13.5. The van der Waals surface area contributed by atoms with Crippen molar-refractivity contribution >= 4 is 29.1 Å². The molecular weight excluding hydrogens is 285 g/mol. The molecule has 0 spiro atoms. The SMILES string of the molecule is CN(C)C(=O)C[NH+](C)CC(=O)Nc1ccc(Cl)cc1F. The van der Waals surface area contributed by atoms with Gasteiger partial charge in [0.2, 0.25) is 0 Å². The highest BCUT2D eigenvalue weighted by molar-refractivity contribution is 6.30. The van der Waals surface area contributed by atoms with Gasteiger partial charge >= 0.3 is 0 Å². The number of nitrogens with zero attached hydrogens (tertiary/aromatic N) is 1. The van der Waals surface area contributed by atoms with Gasteiger partial charge < -0.3 is 15.1 Å². The zero-order valence-corrected chi connectivity index (χ0v) is 12.4. The van der Waals surface area contributed by atoms with Gasteiger partial charge in [0.1, 0.15) is 5.82 Å². The van der Waals surface area contributed by atoms with Crippen LogP contribution in [0.15, 0.2) is 18.2 Å². The number of carbonyl (C=O) groups is 2. The Bertz CT molecular complexity index is 508. The number of halogens is 2. The predicted octanol–water partition coefficient (Wildman–Crippen LogP) is 0.0205. The summed E-state index contributed by atoms with van der Waals surface area (Å²) in [5, 5.41) is 2.72. The molecule has 0 bridgehead atoms. The average molecular weight is 303 g/mol. The summed E-state index contributed by atoms with van der Waals surface area (Å²) < 4.78 is 13.5. The van der Waals surface area contributed by atoms with Crippen molar-refractivity contribution in [1.29, 1.82) is 0 Å². The maximum Gasteiger partial charge on any atom is 0.279 e. The van der Waals surface area contributed by atoms with Crippen molar-refractivity contribution in [2.75, 3.05) is 39.5 Å². The fourth-order valence-electron chi connectivity index (χ4n) is 1.54. The molecule has 0 aromatic heterocycles. The molecule has 0 fully saturated rings. The molecule has 1 unspecified atom stereocenters. The van der Waals surface area contributed by atoms with Crippen LogP contribution in [0.1, 0.15) is 0 Å². The molecule has 5 nitrogen and oxygen atoms in total. The lowest BCUT2D eigenvalue weighted by atomic mass is 10.3. The molecule has 0 aliphatic rings. The second-order valence-corrected chi connectivity index (χ2v) is 5.21. The minimum atomic E-state index is -0.590. The van der Waals surface area contributed by atoms with Crippen LogP contribution >= 0.6 is 11.6 Å². The lowest BCUT2D eigenvalue weighted by Gasteiger charge is -2.16. The molecule has 0 radical (unpaired) electrons. The largest absolute Gasteiger partial charge is 0.344 e. The van der Waals surface area contributed by atoms with Crippen molar-refractivity contribution in [3.05, 3.63) is 29.0 Å². The van der Waals surface area contributed by atoms with Crippen LogP contribution < -0.4 is 10.2 Å². The van der Waals surface area contributed by atoms with Crippen LogP contribution in [-0.2, 0) is 9.59 Å². The van der Waals surface area contributed by atoms with Crippen molar-refractivity contribution in [3.8, 4) is 0 Å². The van der Waals surface area contributed by atoms with Crippen molar-refractivity contribution in [1.82, 2.24) is 4.90 Å². The lowest BCUT2D eigenvalue weighted by Crippen LogP contribution is -3.11. The number of carbonyl (C=O) groups excluding carboxylic acids is 2. The van der Waals surface area contributed by atoms with Gasteiger partial charge in [-0.2, -0.15) is 0 Å². The second-order valence-electron chi connectivity index (χ2n) is 4.77. The molecule has 2 amide bonds. The molecule has 0 aliphatic heterocycles. The minimum absolute atomic E-state index is 0.0711. The average Bonchev–Trinajstić information content (AvgIpc) is 2.32. The van der Waals surface area contributed by atoms with Crippen molar-refractivity contribution < 1.29 is 18.9 Å². The Kier molecular flexibility index (Phi) is 5.91. The minimum Gasteiger partial charge on any atom is -0.344 e. The Morgan fingerprint density at radius 2 is 2.00 bits per heavy atom. The van der Waals surface area contributed by atoms with Gasteiger partial charge in [0.05, 0.1) is 12.7 Å². The number of hydrogen-bond donors (Lipinski definition) is 2. The van der Waals surface area contributed by atoms with Gasteiger partial charge in [0.15, 0.2) is 13.1 Å². The third-order valence-corrected chi connectivity index (χ3v) is 2.85. The summed E-state index contributed by atoms with van der Waals surface area (Å²) >= 11 is 5.63. The zero-order valence-electron chi connectivity index (χ0n) is 11.7. The van der Waals surface area contributed by atoms with E-state index in [0.717, 1.165) is 11.0 Å². The van der Waals surface area contributed by atoms with Gasteiger partial charge in [-0.25, -0.2) is 4.39 Å². The summed E-state index contributed by atoms with van der Waals surface area (Å²) in [5.41, 5.74) is 0.0751. The van der Waals surface area contributed by atoms with Crippen LogP contribution in [0.4, 0.5) is 10.1 Å². The van der Waals surface area contributed by atoms with Gasteiger partial charge in [-0.3, -0.25) is 9.59 Å². The summed E-state index contributed by atoms with van der Waals surface area (Å²) in [4.78, 5) is 25.4. The van der Waals surface area contributed by atoms with E-state index in [0.29, 0.717) is 0 Å². The fraction of sp³-hybridized carbons (Fsp3) is 0.385. The molecule has 0 saturated heterocycles. The smallest absolute Gasteiger partial charge is 0.279 e. The van der Waals surface area contributed by atoms with E-state index in [1.165, 1.54) is 17.0 Å². The highest BCUT2D eigenvalue weighted by atomic mass is 35.5. The van der Waals surface area contributed by atoms with E-state index in [4.69, 9.17) is 11.6 Å². The normalized spacial score (nSPS) is 11.8. The van der Waals surface area contributed by atoms with Crippen molar-refractivity contribution in [2.45, 2.75) is 0 Å². The number of anilines is 1. The number of rotatable bonds is 5. The van der Waals surface area contributed by atoms with Crippen LogP contribution in [-0.4, -0.2) is 50.9 Å². The number of quaternary nitrogens is 1. The number of nitrogens with one attached hydrogen (secondary N) is 2. The Morgan fingerprint density at radius 1 is 1.35 bits per heavy atom. The molecule has 1 aromatic rings. The van der Waals surface area contributed by atoms with Crippen molar-refractivity contribution in [2.24, 2.45) is 0 Å². The standard InChI is InChI=1S/C13H17ClFN3O2/c1-17(2)13(20)8-18(3)7-12(19)16-11-5-4-9(14)6-10(11)15/h4-6H,7-8H2,1-3H3,(H,16,19)/p+1. The summed E-state index contributed by atoms with van der Waals surface area (Å²) in [6.45, 7) is 0.269. The van der Waals surface area contributed by atoms with E-state index in [1.54, 1.807) is 21.1 Å². The van der Waals surface area contributed by atoms with E-state index in [1.807, 2.05) is 0 Å². The quantitative estimate of drug-likeness (QED) is 0.806. The van der Waals surface area contributed by atoms with Crippen LogP contribution in [0.25, 0.3) is 0 Å². The van der Waals surface area contributed by atoms with Crippen LogP contribution in [0, 0.1) is 5.82 Å². The highest BCUT2D eigenvalue weighted by Gasteiger charge is 2.16. The molecule has 110 valence electrons. The van der Waals surface area contributed by atoms with Gasteiger partial charge in [0, 0.05) is 19.1 Å². The molecule has 7 heteroatoms. The maximum absolute atomic E-state index is 13.5. The third kappa shape index (κ3) is 5.14. The van der Waals surface area contributed by atoms with Gasteiger partial charge in [0.25, 0.3) is 11.8 Å². The number of hydrogen-bond acceptors (Lipinski definition) is 2. The molecule has 20 heavy (non-hydrogen) atoms. The van der Waals surface area contributed by atoms with E-state index in [-0.39, 0.29) is 35.6 Å². The molecule has 1 aromatic carbocycles. The van der Waals surface area contributed by atoms with Gasteiger partial charge in [-0.1, -0.05) is 11.6 Å². The summed E-state index contributed by atoms with van der Waals surface area (Å²) in [6.07, 6.45) is 0. The molecule has 0 saturated carbocycles. The van der Waals surface area contributed by atoms with Crippen LogP contribution in [0.5, 0.6) is 0 Å². The van der Waals surface area contributed by atoms with E-state index < -0.39 is 5.82 Å². The number of likely N-dealkylation sites (N-methyl/N-ethyl adjacent to an activating group) is 2. The van der Waals surface area contributed by atoms with Crippen molar-refractivity contribution in [3.63, 3.8) is 0 Å². The fourth-order valence-corrected chi connectivity index (χ4v) is 1.70. The molecular formula is C13H18ClFN3O2+. The first-order chi connectivity index (χ1) is 9.29. The Labute approximate surface area is 122 Å². The Morgan fingerprint density at radius 3 is 2.55 bits per heavy atom. The predicted molar refractivity (Wildman–Crippen MR) is 75.4 cm³/mol. The summed E-state index contributed by atoms with van der Waals surface area (Å²) in [5.74, 6) is -1.03. The molecule has 1 rings (SSSR count). The molecule has 2 N–H and O–H groups in total. The molecule has 0 heterocycles. The lowest BCUT2D eigenvalue weighted by molar-refractivity contribution is -0.862. The molecule has 1 atom stereocenters.